The minimum absolute atomic E-state index is 0.0871. The zero-order chi connectivity index (χ0) is 76.9. The lowest BCUT2D eigenvalue weighted by molar-refractivity contribution is -0.0176. The van der Waals surface area contributed by atoms with Gasteiger partial charge in [-0.25, -0.2) is 0 Å². The Hall–Kier alpha value is -7.24. The van der Waals surface area contributed by atoms with Gasteiger partial charge in [0, 0.05) is 110 Å². The highest BCUT2D eigenvalue weighted by atomic mass is 16.6. The summed E-state index contributed by atoms with van der Waals surface area (Å²) in [5, 5.41) is 5.84. The maximum atomic E-state index is 14.9. The van der Waals surface area contributed by atoms with Crippen LogP contribution in [0.2, 0.25) is 0 Å². The van der Waals surface area contributed by atoms with E-state index in [-0.39, 0.29) is 214 Å². The number of amides is 6. The van der Waals surface area contributed by atoms with Gasteiger partial charge in [-0.05, 0) is 60.7 Å². The smallest absolute Gasteiger partial charge is 0.255 e. The number of aromatic nitrogens is 2. The van der Waals surface area contributed by atoms with Crippen LogP contribution in [0.25, 0.3) is 11.4 Å². The van der Waals surface area contributed by atoms with Gasteiger partial charge in [-0.2, -0.15) is 0 Å². The number of nitrogens with zero attached hydrogens (tertiary/aromatic N) is 6. The average molecular weight is 1550 g/mol. The number of hydrogen-bond donors (Lipinski definition) is 2. The van der Waals surface area contributed by atoms with Gasteiger partial charge in [0.15, 0.2) is 0 Å². The standard InChI is InChI=1S/C76H110N8O26/c85-71(79-67-55-63(73(87)81-5-13-91-21-29-99-37-45-107-46-38-100-30-22-92-14-6-81)53-64(56-67)74(88)82-7-15-93-23-31-101-39-47-108-48-40-102-32-24-94-16-8-82)61-1-3-77-69(59-61)70-60-62(2-4-78-70)72(86)80-68-57-65(75(89)83-9-17-95-25-33-103-41-49-109-50-42-104-34-26-96-18-10-83)54-66(58-68)76(90)84-11-19-97-27-35-105-43-51-110-52-44-106-36-28-98-20-12-84/h1-4,53-60H,5-52H2,(H,79,85)(H,80,86). The van der Waals surface area contributed by atoms with Gasteiger partial charge in [-0.15, -0.1) is 0 Å². The minimum atomic E-state index is -0.639. The molecule has 34 nitrogen and oxygen atoms in total. The molecule has 2 N–H and O–H groups in total. The molecule has 34 heteroatoms. The molecule has 4 aliphatic rings. The zero-order valence-electron chi connectivity index (χ0n) is 63.2. The number of pyridine rings is 2. The van der Waals surface area contributed by atoms with E-state index in [1.54, 1.807) is 19.6 Å². The van der Waals surface area contributed by atoms with Gasteiger partial charge >= 0.3 is 0 Å². The molecule has 610 valence electrons. The molecule has 4 aromatic rings. The summed E-state index contributed by atoms with van der Waals surface area (Å²) in [7, 11) is 0. The molecular weight excluding hydrogens is 1440 g/mol. The van der Waals surface area contributed by atoms with Crippen LogP contribution in [-0.2, 0) is 94.7 Å². The Balaban J connectivity index is 1.05. The van der Waals surface area contributed by atoms with E-state index < -0.39 is 35.4 Å². The number of rotatable bonds is 9. The molecule has 110 heavy (non-hydrogen) atoms. The number of carbonyl (C=O) groups is 6. The molecule has 0 unspecified atom stereocenters. The van der Waals surface area contributed by atoms with E-state index in [2.05, 4.69) is 20.6 Å². The molecule has 0 atom stereocenters. The van der Waals surface area contributed by atoms with Crippen LogP contribution in [0, 0.1) is 0 Å². The second-order valence-corrected chi connectivity index (χ2v) is 24.8. The monoisotopic (exact) mass is 1550 g/mol. The maximum absolute atomic E-state index is 14.9. The summed E-state index contributed by atoms with van der Waals surface area (Å²) < 4.78 is 115. The molecule has 8 rings (SSSR count). The molecular formula is C76H110N8O26. The molecule has 4 fully saturated rings. The fourth-order valence-corrected chi connectivity index (χ4v) is 11.0. The third-order valence-electron chi connectivity index (χ3n) is 16.8. The lowest BCUT2D eigenvalue weighted by Gasteiger charge is -2.25. The molecule has 2 aromatic carbocycles. The molecule has 4 saturated heterocycles. The van der Waals surface area contributed by atoms with Gasteiger partial charge in [0.05, 0.1) is 276 Å². The van der Waals surface area contributed by atoms with Crippen LogP contribution in [-0.4, -0.2) is 382 Å². The molecule has 4 aliphatic heterocycles. The highest BCUT2D eigenvalue weighted by Crippen LogP contribution is 2.25. The first-order valence-electron chi connectivity index (χ1n) is 37.8. The summed E-state index contributed by atoms with van der Waals surface area (Å²) in [5.41, 5.74) is 1.19. The molecule has 6 heterocycles. The first kappa shape index (κ1) is 88.3. The van der Waals surface area contributed by atoms with E-state index in [0.29, 0.717) is 159 Å². The molecule has 6 amide bonds. The van der Waals surface area contributed by atoms with E-state index in [1.807, 2.05) is 0 Å². The number of benzene rings is 2. The largest absolute Gasteiger partial charge is 0.377 e. The van der Waals surface area contributed by atoms with Gasteiger partial charge in [0.2, 0.25) is 0 Å². The predicted molar refractivity (Wildman–Crippen MR) is 396 cm³/mol. The van der Waals surface area contributed by atoms with Crippen LogP contribution in [0.5, 0.6) is 0 Å². The Labute approximate surface area is 642 Å². The first-order valence-corrected chi connectivity index (χ1v) is 37.8. The number of ether oxygens (including phenoxy) is 20. The Morgan fingerprint density at radius 3 is 0.555 bits per heavy atom. The van der Waals surface area contributed by atoms with E-state index >= 15 is 0 Å². The SMILES string of the molecule is O=C(Nc1cc(C(=O)N2CCOCCOCCOCCOCCOCC2)cc(C(=O)N2CCOCCOCCOCCOCCOCC2)c1)c1ccnc(-c2cc(C(=O)Nc3cc(C(=O)N4CCOCCOCCOCCOCCOCC4)cc(C(=O)N4CCOCCOCCOCCOCCOCC4)c3)ccn2)c1. The number of nitrogens with one attached hydrogen (secondary N) is 2. The topological polar surface area (TPSA) is 350 Å². The van der Waals surface area contributed by atoms with Gasteiger partial charge < -0.3 is 125 Å². The molecule has 0 spiro atoms. The highest BCUT2D eigenvalue weighted by Gasteiger charge is 2.26. The predicted octanol–water partition coefficient (Wildman–Crippen LogP) is 2.80. The van der Waals surface area contributed by atoms with Crippen molar-refractivity contribution in [1.29, 1.82) is 0 Å². The molecule has 2 aromatic heterocycles. The summed E-state index contributed by atoms with van der Waals surface area (Å²) >= 11 is 0. The van der Waals surface area contributed by atoms with E-state index in [0.717, 1.165) is 0 Å². The Bertz CT molecular complexity index is 2860. The van der Waals surface area contributed by atoms with Crippen LogP contribution in [0.1, 0.15) is 62.1 Å². The van der Waals surface area contributed by atoms with Crippen molar-refractivity contribution in [1.82, 2.24) is 29.6 Å². The van der Waals surface area contributed by atoms with Gasteiger partial charge in [0.1, 0.15) is 0 Å². The maximum Gasteiger partial charge on any atom is 0.255 e. The summed E-state index contributed by atoms with van der Waals surface area (Å²) in [6.45, 7) is 13.1. The van der Waals surface area contributed by atoms with Crippen molar-refractivity contribution < 1.29 is 124 Å². The second kappa shape index (κ2) is 55.2. The molecule has 0 radical (unpaired) electrons. The average Bonchev–Trinajstić information content (AvgIpc) is 0.816. The molecule has 0 bridgehead atoms. The lowest BCUT2D eigenvalue weighted by atomic mass is 10.1. The van der Waals surface area contributed by atoms with Crippen molar-refractivity contribution in [3.8, 4) is 11.4 Å². The quantitative estimate of drug-likeness (QED) is 0.243. The third kappa shape index (κ3) is 35.2. The van der Waals surface area contributed by atoms with Gasteiger partial charge in [-0.1, -0.05) is 0 Å². The minimum Gasteiger partial charge on any atom is -0.377 e. The summed E-state index contributed by atoms with van der Waals surface area (Å²) in [6.07, 6.45) is 2.82. The van der Waals surface area contributed by atoms with E-state index in [9.17, 15) is 28.8 Å². The lowest BCUT2D eigenvalue weighted by Crippen LogP contribution is -2.38. The van der Waals surface area contributed by atoms with Crippen molar-refractivity contribution in [2.45, 2.75) is 0 Å². The van der Waals surface area contributed by atoms with Gasteiger partial charge in [-0.3, -0.25) is 38.7 Å². The van der Waals surface area contributed by atoms with Crippen LogP contribution in [0.3, 0.4) is 0 Å². The third-order valence-corrected chi connectivity index (χ3v) is 16.8. The fourth-order valence-electron chi connectivity index (χ4n) is 11.0. The summed E-state index contributed by atoms with van der Waals surface area (Å²) in [6, 6.07) is 14.9. The van der Waals surface area contributed by atoms with Crippen molar-refractivity contribution in [2.75, 3.05) is 327 Å². The molecule has 0 saturated carbocycles. The van der Waals surface area contributed by atoms with Crippen LogP contribution in [0.15, 0.2) is 73.1 Å². The number of hydrogen-bond acceptors (Lipinski definition) is 28. The highest BCUT2D eigenvalue weighted by molar-refractivity contribution is 6.09. The second-order valence-electron chi connectivity index (χ2n) is 24.8. The normalized spacial score (nSPS) is 20.0. The zero-order valence-corrected chi connectivity index (χ0v) is 63.2. The summed E-state index contributed by atoms with van der Waals surface area (Å²) in [5.74, 6) is -3.15. The van der Waals surface area contributed by atoms with Gasteiger partial charge in [0.25, 0.3) is 35.4 Å². The first-order chi connectivity index (χ1) is 54.2. The van der Waals surface area contributed by atoms with E-state index in [4.69, 9.17) is 94.7 Å². The fraction of sp³-hybridized carbons (Fsp3) is 0.632. The van der Waals surface area contributed by atoms with Crippen molar-refractivity contribution in [3.05, 3.63) is 106 Å². The van der Waals surface area contributed by atoms with Crippen LogP contribution < -0.4 is 10.6 Å². The number of carbonyl (C=O) groups excluding carboxylic acids is 6. The van der Waals surface area contributed by atoms with Crippen molar-refractivity contribution >= 4 is 46.8 Å². The van der Waals surface area contributed by atoms with Crippen LogP contribution >= 0.6 is 0 Å². The Morgan fingerprint density at radius 1 is 0.218 bits per heavy atom. The number of anilines is 2. The van der Waals surface area contributed by atoms with Crippen molar-refractivity contribution in [2.24, 2.45) is 0 Å². The Morgan fingerprint density at radius 2 is 0.382 bits per heavy atom. The van der Waals surface area contributed by atoms with Crippen LogP contribution in [0.4, 0.5) is 11.4 Å². The van der Waals surface area contributed by atoms with Crippen molar-refractivity contribution in [3.63, 3.8) is 0 Å². The summed E-state index contributed by atoms with van der Waals surface area (Å²) in [4.78, 5) is 104. The Kier molecular flexibility index (Phi) is 44.4. The van der Waals surface area contributed by atoms with E-state index in [1.165, 1.54) is 73.1 Å². The molecule has 0 aliphatic carbocycles.